The molecule has 1 aromatic heterocycles. The summed E-state index contributed by atoms with van der Waals surface area (Å²) >= 11 is 0. The number of benzene rings is 2. The van der Waals surface area contributed by atoms with E-state index >= 15 is 0 Å². The minimum atomic E-state index is -0.612. The number of hydrogen-bond acceptors (Lipinski definition) is 5. The van der Waals surface area contributed by atoms with E-state index in [0.717, 1.165) is 28.1 Å². The van der Waals surface area contributed by atoms with Gasteiger partial charge in [0.15, 0.2) is 5.78 Å². The highest BCUT2D eigenvalue weighted by Crippen LogP contribution is 2.47. The van der Waals surface area contributed by atoms with E-state index in [1.54, 1.807) is 18.3 Å². The number of carbonyl (C=O) groups excluding carboxylic acids is 2. The third-order valence-electron chi connectivity index (χ3n) is 6.62. The van der Waals surface area contributed by atoms with Gasteiger partial charge in [-0.3, -0.25) is 9.89 Å². The number of halogens is 1. The van der Waals surface area contributed by atoms with Crippen LogP contribution in [0.25, 0.3) is 11.3 Å². The Bertz CT molecular complexity index is 1320. The molecule has 0 saturated carbocycles. The summed E-state index contributed by atoms with van der Waals surface area (Å²) in [5.41, 5.74) is 5.69. The quantitative estimate of drug-likeness (QED) is 0.553. The summed E-state index contributed by atoms with van der Waals surface area (Å²) in [6.45, 7) is 1.82. The van der Waals surface area contributed by atoms with Crippen molar-refractivity contribution in [2.45, 2.75) is 31.6 Å². The Labute approximate surface area is 196 Å². The zero-order valence-electron chi connectivity index (χ0n) is 18.9. The molecular formula is C27H24FN3O3. The highest BCUT2D eigenvalue weighted by molar-refractivity contribution is 6.04. The molecule has 0 fully saturated rings. The second-order valence-electron chi connectivity index (χ2n) is 8.63. The van der Waals surface area contributed by atoms with Crippen LogP contribution in [0.1, 0.15) is 42.7 Å². The molecule has 2 aliphatic rings. The minimum absolute atomic E-state index is 0.0535. The molecule has 1 aliphatic heterocycles. The molecule has 6 nitrogen and oxygen atoms in total. The SMILES string of the molecule is COC(=O)C1=C(C)NC2=C(C(=O)C[C@@H](c3ccc(F)cc3)C2)[C@@H]1c1cn[nH]c1-c1ccccc1. The first kappa shape index (κ1) is 21.8. The number of rotatable bonds is 4. The van der Waals surface area contributed by atoms with Gasteiger partial charge in [0.25, 0.3) is 0 Å². The van der Waals surface area contributed by atoms with Crippen LogP contribution >= 0.6 is 0 Å². The standard InChI is InChI=1S/C27H24FN3O3/c1-15-23(27(33)34-2)24(20-14-29-31-26(20)17-6-4-3-5-7-17)25-21(30-15)12-18(13-22(25)32)16-8-10-19(28)11-9-16/h3-11,14,18,24,30H,12-13H2,1-2H3,(H,29,31)/t18-,24+/m0/s1. The van der Waals surface area contributed by atoms with Crippen molar-refractivity contribution in [1.29, 1.82) is 0 Å². The van der Waals surface area contributed by atoms with Crippen LogP contribution in [0, 0.1) is 5.82 Å². The molecular weight excluding hydrogens is 433 g/mol. The van der Waals surface area contributed by atoms with E-state index in [1.807, 2.05) is 37.3 Å². The lowest BCUT2D eigenvalue weighted by atomic mass is 9.71. The number of hydrogen-bond donors (Lipinski definition) is 2. The molecule has 7 heteroatoms. The van der Waals surface area contributed by atoms with Gasteiger partial charge in [0.2, 0.25) is 0 Å². The number of Topliss-reactive ketones (excluding diaryl/α,β-unsaturated/α-hetero) is 1. The molecule has 2 atom stereocenters. The number of nitrogens with one attached hydrogen (secondary N) is 2. The van der Waals surface area contributed by atoms with Crippen molar-refractivity contribution in [2.75, 3.05) is 7.11 Å². The smallest absolute Gasteiger partial charge is 0.336 e. The van der Waals surface area contributed by atoms with Gasteiger partial charge in [0.1, 0.15) is 5.82 Å². The number of esters is 1. The van der Waals surface area contributed by atoms with E-state index in [2.05, 4.69) is 15.5 Å². The molecule has 2 heterocycles. The van der Waals surface area contributed by atoms with Gasteiger partial charge in [0.05, 0.1) is 30.5 Å². The summed E-state index contributed by atoms with van der Waals surface area (Å²) in [6, 6.07) is 16.0. The highest BCUT2D eigenvalue weighted by Gasteiger charge is 2.42. The lowest BCUT2D eigenvalue weighted by Crippen LogP contribution is -2.36. The Morgan fingerprint density at radius 1 is 1.09 bits per heavy atom. The fourth-order valence-corrected chi connectivity index (χ4v) is 5.05. The lowest BCUT2D eigenvalue weighted by molar-refractivity contribution is -0.136. The summed E-state index contributed by atoms with van der Waals surface area (Å²) < 4.78 is 18.6. The summed E-state index contributed by atoms with van der Waals surface area (Å²) in [4.78, 5) is 26.5. The fraction of sp³-hybridized carbons (Fsp3) is 0.222. The van der Waals surface area contributed by atoms with E-state index < -0.39 is 11.9 Å². The third-order valence-corrected chi connectivity index (χ3v) is 6.62. The topological polar surface area (TPSA) is 84.1 Å². The molecule has 3 aromatic rings. The van der Waals surface area contributed by atoms with Crippen LogP contribution < -0.4 is 5.32 Å². The van der Waals surface area contributed by atoms with E-state index in [9.17, 15) is 14.0 Å². The Morgan fingerprint density at radius 3 is 2.53 bits per heavy atom. The largest absolute Gasteiger partial charge is 0.466 e. The van der Waals surface area contributed by atoms with Gasteiger partial charge in [0, 0.05) is 29.0 Å². The maximum absolute atomic E-state index is 13.6. The van der Waals surface area contributed by atoms with Crippen LogP contribution in [0.5, 0.6) is 0 Å². The minimum Gasteiger partial charge on any atom is -0.466 e. The molecule has 34 heavy (non-hydrogen) atoms. The number of ketones is 1. The number of carbonyl (C=O) groups is 2. The average Bonchev–Trinajstić information content (AvgIpc) is 3.33. The van der Waals surface area contributed by atoms with Crippen molar-refractivity contribution in [3.05, 3.63) is 100 Å². The Hall–Kier alpha value is -4.00. The van der Waals surface area contributed by atoms with Crippen molar-refractivity contribution in [2.24, 2.45) is 0 Å². The molecule has 0 saturated heterocycles. The lowest BCUT2D eigenvalue weighted by Gasteiger charge is -2.36. The number of dihydropyridines is 1. The van der Waals surface area contributed by atoms with Gasteiger partial charge in [-0.15, -0.1) is 0 Å². The highest BCUT2D eigenvalue weighted by atomic mass is 19.1. The van der Waals surface area contributed by atoms with Crippen LogP contribution in [0.4, 0.5) is 4.39 Å². The van der Waals surface area contributed by atoms with Crippen LogP contribution in [0.2, 0.25) is 0 Å². The maximum Gasteiger partial charge on any atom is 0.336 e. The second kappa shape index (κ2) is 8.74. The molecule has 1 aliphatic carbocycles. The number of H-pyrrole nitrogens is 1. The number of ether oxygens (including phenoxy) is 1. The molecule has 0 unspecified atom stereocenters. The van der Waals surface area contributed by atoms with Crippen LogP contribution in [0.3, 0.4) is 0 Å². The number of allylic oxidation sites excluding steroid dienone is 3. The zero-order valence-corrected chi connectivity index (χ0v) is 18.9. The van der Waals surface area contributed by atoms with Crippen molar-refractivity contribution in [1.82, 2.24) is 15.5 Å². The summed E-state index contributed by atoms with van der Waals surface area (Å²) in [5.74, 6) is -1.54. The van der Waals surface area contributed by atoms with E-state index in [1.165, 1.54) is 19.2 Å². The second-order valence-corrected chi connectivity index (χ2v) is 8.63. The molecule has 2 N–H and O–H groups in total. The first-order valence-corrected chi connectivity index (χ1v) is 11.1. The van der Waals surface area contributed by atoms with Gasteiger partial charge in [-0.05, 0) is 42.5 Å². The van der Waals surface area contributed by atoms with E-state index in [-0.39, 0.29) is 23.9 Å². The van der Waals surface area contributed by atoms with Crippen LogP contribution in [-0.2, 0) is 14.3 Å². The van der Waals surface area contributed by atoms with Gasteiger partial charge >= 0.3 is 5.97 Å². The summed E-state index contributed by atoms with van der Waals surface area (Å²) in [5, 5.41) is 10.6. The number of aromatic nitrogens is 2. The van der Waals surface area contributed by atoms with Crippen molar-refractivity contribution >= 4 is 11.8 Å². The number of methoxy groups -OCH3 is 1. The molecule has 0 radical (unpaired) electrons. The van der Waals surface area contributed by atoms with Crippen LogP contribution in [0.15, 0.2) is 83.3 Å². The van der Waals surface area contributed by atoms with Gasteiger partial charge in [-0.25, -0.2) is 9.18 Å². The molecule has 0 spiro atoms. The van der Waals surface area contributed by atoms with Gasteiger partial charge in [-0.1, -0.05) is 42.5 Å². The first-order valence-electron chi connectivity index (χ1n) is 11.1. The Kier molecular flexibility index (Phi) is 5.61. The molecule has 2 aromatic carbocycles. The van der Waals surface area contributed by atoms with Crippen molar-refractivity contribution in [3.63, 3.8) is 0 Å². The normalized spacial score (nSPS) is 20.1. The maximum atomic E-state index is 13.6. The Morgan fingerprint density at radius 2 is 1.82 bits per heavy atom. The van der Waals surface area contributed by atoms with Crippen LogP contribution in [-0.4, -0.2) is 29.1 Å². The monoisotopic (exact) mass is 457 g/mol. The summed E-state index contributed by atoms with van der Waals surface area (Å²) in [6.07, 6.45) is 2.53. The van der Waals surface area contributed by atoms with E-state index in [0.29, 0.717) is 23.3 Å². The number of aromatic amines is 1. The zero-order chi connectivity index (χ0) is 23.8. The Balaban J connectivity index is 1.63. The molecule has 0 amide bonds. The molecule has 5 rings (SSSR count). The predicted molar refractivity (Wildman–Crippen MR) is 125 cm³/mol. The fourth-order valence-electron chi connectivity index (χ4n) is 5.05. The van der Waals surface area contributed by atoms with Gasteiger partial charge in [-0.2, -0.15) is 5.10 Å². The van der Waals surface area contributed by atoms with Crippen molar-refractivity contribution in [3.8, 4) is 11.3 Å². The first-order chi connectivity index (χ1) is 16.5. The van der Waals surface area contributed by atoms with E-state index in [4.69, 9.17) is 4.74 Å². The van der Waals surface area contributed by atoms with Crippen molar-refractivity contribution < 1.29 is 18.7 Å². The summed E-state index contributed by atoms with van der Waals surface area (Å²) in [7, 11) is 1.34. The predicted octanol–water partition coefficient (Wildman–Crippen LogP) is 4.75. The molecule has 172 valence electrons. The number of nitrogens with zero attached hydrogens (tertiary/aromatic N) is 1. The molecule has 0 bridgehead atoms. The average molecular weight is 458 g/mol. The third kappa shape index (κ3) is 3.73. The van der Waals surface area contributed by atoms with Gasteiger partial charge < -0.3 is 10.1 Å².